The molecule has 1 heteroatoms. The van der Waals surface area contributed by atoms with Crippen molar-refractivity contribution < 1.29 is 0 Å². The number of benzene rings is 1. The maximum Gasteiger partial charge on any atom is 0.0326 e. The molecular formula is C13H19N. The lowest BCUT2D eigenvalue weighted by Gasteiger charge is -2.10. The van der Waals surface area contributed by atoms with Gasteiger partial charge in [0.2, 0.25) is 0 Å². The number of hydrogen-bond donors (Lipinski definition) is 1. The molecule has 14 heavy (non-hydrogen) atoms. The standard InChI is InChI=1S/C13H19N/c1-4-10-5-6-11-9(2)7-13(14-3)12(11)8-10/h5-6,8-9,13-14H,4,7H2,1-3H3. The Hall–Kier alpha value is -0.820. The van der Waals surface area contributed by atoms with E-state index in [2.05, 4.69) is 44.4 Å². The van der Waals surface area contributed by atoms with Crippen molar-refractivity contribution in [2.45, 2.75) is 38.6 Å². The maximum absolute atomic E-state index is 3.40. The van der Waals surface area contributed by atoms with Crippen LogP contribution in [0.3, 0.4) is 0 Å². The molecular weight excluding hydrogens is 170 g/mol. The zero-order chi connectivity index (χ0) is 10.1. The van der Waals surface area contributed by atoms with E-state index in [0.717, 1.165) is 6.42 Å². The minimum absolute atomic E-state index is 0.575. The quantitative estimate of drug-likeness (QED) is 0.754. The number of rotatable bonds is 2. The van der Waals surface area contributed by atoms with Crippen LogP contribution in [0.15, 0.2) is 18.2 Å². The molecule has 1 aromatic carbocycles. The molecule has 0 bridgehead atoms. The molecule has 1 aromatic rings. The fourth-order valence-electron chi connectivity index (χ4n) is 2.48. The molecule has 2 unspecified atom stereocenters. The highest BCUT2D eigenvalue weighted by molar-refractivity contribution is 5.40. The molecule has 1 nitrogen and oxygen atoms in total. The zero-order valence-electron chi connectivity index (χ0n) is 9.30. The van der Waals surface area contributed by atoms with Gasteiger partial charge in [0.15, 0.2) is 0 Å². The van der Waals surface area contributed by atoms with Crippen molar-refractivity contribution in [1.29, 1.82) is 0 Å². The molecule has 1 aliphatic carbocycles. The van der Waals surface area contributed by atoms with Crippen LogP contribution in [-0.4, -0.2) is 7.05 Å². The Labute approximate surface area is 86.5 Å². The van der Waals surface area contributed by atoms with E-state index in [4.69, 9.17) is 0 Å². The van der Waals surface area contributed by atoms with E-state index < -0.39 is 0 Å². The smallest absolute Gasteiger partial charge is 0.0326 e. The fourth-order valence-corrected chi connectivity index (χ4v) is 2.48. The van der Waals surface area contributed by atoms with Gasteiger partial charge >= 0.3 is 0 Å². The molecule has 0 fully saturated rings. The summed E-state index contributed by atoms with van der Waals surface area (Å²) in [5.41, 5.74) is 4.53. The van der Waals surface area contributed by atoms with E-state index in [9.17, 15) is 0 Å². The molecule has 0 heterocycles. The average molecular weight is 189 g/mol. The van der Waals surface area contributed by atoms with Gasteiger partial charge < -0.3 is 5.32 Å². The Morgan fingerprint density at radius 3 is 2.79 bits per heavy atom. The third-order valence-corrected chi connectivity index (χ3v) is 3.40. The number of fused-ring (bicyclic) bond motifs is 1. The first kappa shape index (κ1) is 9.72. The van der Waals surface area contributed by atoms with Crippen molar-refractivity contribution in [3.05, 3.63) is 34.9 Å². The van der Waals surface area contributed by atoms with Gasteiger partial charge in [0, 0.05) is 6.04 Å². The summed E-state index contributed by atoms with van der Waals surface area (Å²) >= 11 is 0. The number of hydrogen-bond acceptors (Lipinski definition) is 1. The van der Waals surface area contributed by atoms with Crippen molar-refractivity contribution in [2.24, 2.45) is 0 Å². The monoisotopic (exact) mass is 189 g/mol. The van der Waals surface area contributed by atoms with Crippen LogP contribution in [0.5, 0.6) is 0 Å². The molecule has 76 valence electrons. The Kier molecular flexibility index (Phi) is 2.60. The van der Waals surface area contributed by atoms with Crippen molar-refractivity contribution >= 4 is 0 Å². The van der Waals surface area contributed by atoms with Gasteiger partial charge in [-0.05, 0) is 42.5 Å². The van der Waals surface area contributed by atoms with Gasteiger partial charge in [-0.1, -0.05) is 32.0 Å². The van der Waals surface area contributed by atoms with Crippen LogP contribution < -0.4 is 5.32 Å². The molecule has 0 aliphatic heterocycles. The summed E-state index contributed by atoms with van der Waals surface area (Å²) in [5, 5.41) is 3.40. The van der Waals surface area contributed by atoms with Crippen molar-refractivity contribution in [2.75, 3.05) is 7.05 Å². The summed E-state index contributed by atoms with van der Waals surface area (Å²) in [5.74, 6) is 0.716. The molecule has 2 atom stereocenters. The summed E-state index contributed by atoms with van der Waals surface area (Å²) in [6, 6.07) is 7.54. The largest absolute Gasteiger partial charge is 0.313 e. The lowest BCUT2D eigenvalue weighted by Crippen LogP contribution is -2.13. The molecule has 0 saturated heterocycles. The van der Waals surface area contributed by atoms with Gasteiger partial charge in [0.05, 0.1) is 0 Å². The Morgan fingerprint density at radius 1 is 1.36 bits per heavy atom. The summed E-state index contributed by atoms with van der Waals surface area (Å²) < 4.78 is 0. The third-order valence-electron chi connectivity index (χ3n) is 3.40. The van der Waals surface area contributed by atoms with Gasteiger partial charge in [0.1, 0.15) is 0 Å². The first-order chi connectivity index (χ1) is 6.76. The second-order valence-electron chi connectivity index (χ2n) is 4.29. The highest BCUT2D eigenvalue weighted by Gasteiger charge is 2.26. The zero-order valence-corrected chi connectivity index (χ0v) is 9.30. The fraction of sp³-hybridized carbons (Fsp3) is 0.538. The summed E-state index contributed by atoms with van der Waals surface area (Å²) in [7, 11) is 2.06. The molecule has 0 spiro atoms. The summed E-state index contributed by atoms with van der Waals surface area (Å²) in [6.07, 6.45) is 2.39. The molecule has 0 amide bonds. The van der Waals surface area contributed by atoms with Gasteiger partial charge in [-0.3, -0.25) is 0 Å². The van der Waals surface area contributed by atoms with E-state index in [1.807, 2.05) is 0 Å². The second kappa shape index (κ2) is 3.74. The van der Waals surface area contributed by atoms with E-state index >= 15 is 0 Å². The van der Waals surface area contributed by atoms with Crippen LogP contribution >= 0.6 is 0 Å². The van der Waals surface area contributed by atoms with Crippen LogP contribution in [0.1, 0.15) is 48.9 Å². The average Bonchev–Trinajstić information content (AvgIpc) is 2.55. The first-order valence-corrected chi connectivity index (χ1v) is 5.56. The normalized spacial score (nSPS) is 25.1. The van der Waals surface area contributed by atoms with Crippen LogP contribution in [0, 0.1) is 0 Å². The summed E-state index contributed by atoms with van der Waals surface area (Å²) in [6.45, 7) is 4.54. The predicted molar refractivity (Wildman–Crippen MR) is 60.7 cm³/mol. The lowest BCUT2D eigenvalue weighted by molar-refractivity contribution is 0.552. The van der Waals surface area contributed by atoms with Crippen molar-refractivity contribution in [3.8, 4) is 0 Å². The molecule has 0 saturated carbocycles. The molecule has 1 aliphatic rings. The first-order valence-electron chi connectivity index (χ1n) is 5.56. The van der Waals surface area contributed by atoms with Gasteiger partial charge in [-0.15, -0.1) is 0 Å². The predicted octanol–water partition coefficient (Wildman–Crippen LogP) is 3.02. The molecule has 2 rings (SSSR count). The van der Waals surface area contributed by atoms with Crippen LogP contribution in [-0.2, 0) is 6.42 Å². The molecule has 1 N–H and O–H groups in total. The minimum atomic E-state index is 0.575. The van der Waals surface area contributed by atoms with Gasteiger partial charge in [-0.2, -0.15) is 0 Å². The molecule has 0 aromatic heterocycles. The van der Waals surface area contributed by atoms with Crippen LogP contribution in [0.2, 0.25) is 0 Å². The van der Waals surface area contributed by atoms with Gasteiger partial charge in [0.25, 0.3) is 0 Å². The van der Waals surface area contributed by atoms with E-state index in [0.29, 0.717) is 12.0 Å². The Bertz CT molecular complexity index is 330. The van der Waals surface area contributed by atoms with Crippen molar-refractivity contribution in [3.63, 3.8) is 0 Å². The third kappa shape index (κ3) is 1.46. The minimum Gasteiger partial charge on any atom is -0.313 e. The highest BCUT2D eigenvalue weighted by Crippen LogP contribution is 2.39. The maximum atomic E-state index is 3.40. The van der Waals surface area contributed by atoms with E-state index in [1.54, 1.807) is 5.56 Å². The van der Waals surface area contributed by atoms with Gasteiger partial charge in [-0.25, -0.2) is 0 Å². The van der Waals surface area contributed by atoms with Crippen LogP contribution in [0.4, 0.5) is 0 Å². The topological polar surface area (TPSA) is 12.0 Å². The SMILES string of the molecule is CCc1ccc2c(c1)C(NC)CC2C. The Balaban J connectivity index is 2.42. The number of nitrogens with one attached hydrogen (secondary N) is 1. The molecule has 0 radical (unpaired) electrons. The van der Waals surface area contributed by atoms with E-state index in [1.165, 1.54) is 17.5 Å². The van der Waals surface area contributed by atoms with Crippen LogP contribution in [0.25, 0.3) is 0 Å². The highest BCUT2D eigenvalue weighted by atomic mass is 14.9. The second-order valence-corrected chi connectivity index (χ2v) is 4.29. The van der Waals surface area contributed by atoms with E-state index in [-0.39, 0.29) is 0 Å². The summed E-state index contributed by atoms with van der Waals surface area (Å²) in [4.78, 5) is 0. The number of aryl methyl sites for hydroxylation is 1. The Morgan fingerprint density at radius 2 is 2.14 bits per heavy atom. The van der Waals surface area contributed by atoms with Crippen molar-refractivity contribution in [1.82, 2.24) is 5.32 Å². The lowest BCUT2D eigenvalue weighted by atomic mass is 10.0.